The van der Waals surface area contributed by atoms with Crippen LogP contribution in [0.3, 0.4) is 0 Å². The quantitative estimate of drug-likeness (QED) is 0.546. The number of carbonyl (C=O) groups is 2. The fourth-order valence-corrected chi connectivity index (χ4v) is 4.27. The molecule has 33 heavy (non-hydrogen) atoms. The van der Waals surface area contributed by atoms with Crippen LogP contribution in [0.25, 0.3) is 0 Å². The van der Waals surface area contributed by atoms with Gasteiger partial charge in [0.25, 0.3) is 0 Å². The van der Waals surface area contributed by atoms with Crippen molar-refractivity contribution in [2.45, 2.75) is 52.7 Å². The van der Waals surface area contributed by atoms with Gasteiger partial charge >= 0.3 is 0 Å². The Morgan fingerprint density at radius 2 is 1.73 bits per heavy atom. The average molecular weight is 494 g/mol. The number of amides is 2. The molecule has 0 aliphatic heterocycles. The summed E-state index contributed by atoms with van der Waals surface area (Å²) in [6.45, 7) is 7.05. The normalized spacial score (nSPS) is 13.2. The van der Waals surface area contributed by atoms with E-state index < -0.39 is 28.5 Å². The summed E-state index contributed by atoms with van der Waals surface area (Å²) in [5, 5.41) is 3.40. The largest absolute Gasteiger partial charge is 0.352 e. The molecular formula is C24H32ClN3O4S. The van der Waals surface area contributed by atoms with Gasteiger partial charge in [0.1, 0.15) is 12.6 Å². The summed E-state index contributed by atoms with van der Waals surface area (Å²) in [5.74, 6) is -0.797. The van der Waals surface area contributed by atoms with Crippen LogP contribution in [-0.4, -0.2) is 50.0 Å². The Labute approximate surface area is 201 Å². The molecule has 2 rings (SSSR count). The van der Waals surface area contributed by atoms with Crippen molar-refractivity contribution in [3.8, 4) is 0 Å². The summed E-state index contributed by atoms with van der Waals surface area (Å²) in [4.78, 5) is 27.7. The van der Waals surface area contributed by atoms with E-state index in [1.165, 1.54) is 4.90 Å². The molecule has 0 saturated carbocycles. The van der Waals surface area contributed by atoms with Gasteiger partial charge < -0.3 is 10.2 Å². The van der Waals surface area contributed by atoms with Gasteiger partial charge in [-0.2, -0.15) is 0 Å². The molecule has 0 radical (unpaired) electrons. The number of nitrogens with zero attached hydrogens (tertiary/aromatic N) is 2. The van der Waals surface area contributed by atoms with Crippen molar-refractivity contribution in [2.75, 3.05) is 17.1 Å². The highest BCUT2D eigenvalue weighted by Crippen LogP contribution is 2.20. The predicted octanol–water partition coefficient (Wildman–Crippen LogP) is 3.75. The van der Waals surface area contributed by atoms with Gasteiger partial charge in [0, 0.05) is 17.6 Å². The van der Waals surface area contributed by atoms with Gasteiger partial charge in [-0.1, -0.05) is 48.4 Å². The highest BCUT2D eigenvalue weighted by Gasteiger charge is 2.30. The van der Waals surface area contributed by atoms with Crippen LogP contribution in [0.2, 0.25) is 5.02 Å². The molecule has 0 bridgehead atoms. The predicted molar refractivity (Wildman–Crippen MR) is 133 cm³/mol. The lowest BCUT2D eigenvalue weighted by Gasteiger charge is -2.32. The molecular weight excluding hydrogens is 462 g/mol. The number of benzene rings is 2. The maximum Gasteiger partial charge on any atom is 0.244 e. The van der Waals surface area contributed by atoms with Gasteiger partial charge in [0.2, 0.25) is 21.8 Å². The Hall–Kier alpha value is -2.58. The van der Waals surface area contributed by atoms with Crippen molar-refractivity contribution in [3.63, 3.8) is 0 Å². The third kappa shape index (κ3) is 7.75. The fraction of sp³-hybridized carbons (Fsp3) is 0.417. The van der Waals surface area contributed by atoms with Crippen molar-refractivity contribution >= 4 is 39.1 Å². The van der Waals surface area contributed by atoms with Crippen LogP contribution in [0, 0.1) is 6.92 Å². The smallest absolute Gasteiger partial charge is 0.244 e. The minimum absolute atomic E-state index is 0.0526. The van der Waals surface area contributed by atoms with E-state index in [0.717, 1.165) is 28.1 Å². The van der Waals surface area contributed by atoms with Crippen molar-refractivity contribution < 1.29 is 18.0 Å². The number of halogens is 1. The van der Waals surface area contributed by atoms with E-state index in [1.54, 1.807) is 55.5 Å². The fourth-order valence-electron chi connectivity index (χ4n) is 3.20. The number of carbonyl (C=O) groups excluding carboxylic acids is 2. The zero-order chi connectivity index (χ0) is 24.8. The lowest BCUT2D eigenvalue weighted by Crippen LogP contribution is -2.52. The molecule has 0 spiro atoms. The first-order valence-electron chi connectivity index (χ1n) is 10.8. The van der Waals surface area contributed by atoms with E-state index in [4.69, 9.17) is 11.6 Å². The van der Waals surface area contributed by atoms with E-state index in [2.05, 4.69) is 5.32 Å². The SMILES string of the molecule is CC[C@H](C)NC(=O)[C@@H](C)N(Cc1cccc(Cl)c1)C(=O)CN(c1ccc(C)cc1)S(C)(=O)=O. The van der Waals surface area contributed by atoms with E-state index in [-0.39, 0.29) is 18.5 Å². The van der Waals surface area contributed by atoms with E-state index in [0.29, 0.717) is 10.7 Å². The molecule has 0 fully saturated rings. The van der Waals surface area contributed by atoms with Crippen molar-refractivity contribution in [1.29, 1.82) is 0 Å². The molecule has 2 aromatic rings. The zero-order valence-electron chi connectivity index (χ0n) is 19.7. The maximum atomic E-state index is 13.4. The molecule has 0 unspecified atom stereocenters. The van der Waals surface area contributed by atoms with Crippen LogP contribution in [0.15, 0.2) is 48.5 Å². The first-order valence-corrected chi connectivity index (χ1v) is 13.0. The van der Waals surface area contributed by atoms with Crippen LogP contribution < -0.4 is 9.62 Å². The molecule has 0 aromatic heterocycles. The summed E-state index contributed by atoms with van der Waals surface area (Å²) in [7, 11) is -3.74. The standard InChI is InChI=1S/C24H32ClN3O4S/c1-6-18(3)26-24(30)19(4)27(15-20-8-7-9-21(25)14-20)23(29)16-28(33(5,31)32)22-12-10-17(2)11-13-22/h7-14,18-19H,6,15-16H2,1-5H3,(H,26,30)/t18-,19+/m0/s1. The van der Waals surface area contributed by atoms with Gasteiger partial charge in [0.15, 0.2) is 0 Å². The molecule has 2 amide bonds. The van der Waals surface area contributed by atoms with E-state index >= 15 is 0 Å². The van der Waals surface area contributed by atoms with Crippen LogP contribution in [0.5, 0.6) is 0 Å². The molecule has 0 aliphatic carbocycles. The lowest BCUT2D eigenvalue weighted by atomic mass is 10.1. The summed E-state index contributed by atoms with van der Waals surface area (Å²) in [6.07, 6.45) is 1.80. The first-order chi connectivity index (χ1) is 15.4. The van der Waals surface area contributed by atoms with Crippen molar-refractivity contribution in [2.24, 2.45) is 0 Å². The van der Waals surface area contributed by atoms with Crippen LogP contribution in [-0.2, 0) is 26.2 Å². The molecule has 180 valence electrons. The van der Waals surface area contributed by atoms with Crippen molar-refractivity contribution in [1.82, 2.24) is 10.2 Å². The molecule has 0 saturated heterocycles. The summed E-state index contributed by atoms with van der Waals surface area (Å²) >= 11 is 6.10. The molecule has 1 N–H and O–H groups in total. The first kappa shape index (κ1) is 26.7. The van der Waals surface area contributed by atoms with Crippen molar-refractivity contribution in [3.05, 3.63) is 64.7 Å². The number of anilines is 1. The Bertz CT molecular complexity index is 1070. The Morgan fingerprint density at radius 1 is 1.09 bits per heavy atom. The van der Waals surface area contributed by atoms with Gasteiger partial charge in [-0.05, 0) is 57.0 Å². The minimum atomic E-state index is -3.74. The number of hydrogen-bond donors (Lipinski definition) is 1. The molecule has 0 heterocycles. The molecule has 9 heteroatoms. The number of hydrogen-bond acceptors (Lipinski definition) is 4. The molecule has 2 atom stereocenters. The van der Waals surface area contributed by atoms with Crippen LogP contribution in [0.4, 0.5) is 5.69 Å². The van der Waals surface area contributed by atoms with Gasteiger partial charge in [0.05, 0.1) is 11.9 Å². The Balaban J connectivity index is 2.37. The van der Waals surface area contributed by atoms with Gasteiger partial charge in [-0.15, -0.1) is 0 Å². The Morgan fingerprint density at radius 3 is 2.27 bits per heavy atom. The molecule has 0 aliphatic rings. The summed E-state index contributed by atoms with van der Waals surface area (Å²) in [6, 6.07) is 13.0. The van der Waals surface area contributed by atoms with Crippen LogP contribution in [0.1, 0.15) is 38.3 Å². The summed E-state index contributed by atoms with van der Waals surface area (Å²) < 4.78 is 26.1. The van der Waals surface area contributed by atoms with E-state index in [9.17, 15) is 18.0 Å². The van der Waals surface area contributed by atoms with E-state index in [1.807, 2.05) is 20.8 Å². The lowest BCUT2D eigenvalue weighted by molar-refractivity contribution is -0.139. The topological polar surface area (TPSA) is 86.8 Å². The minimum Gasteiger partial charge on any atom is -0.352 e. The second-order valence-corrected chi connectivity index (χ2v) is 10.6. The third-order valence-corrected chi connectivity index (χ3v) is 6.79. The molecule has 2 aromatic carbocycles. The van der Waals surface area contributed by atoms with Crippen LogP contribution >= 0.6 is 11.6 Å². The van der Waals surface area contributed by atoms with Gasteiger partial charge in [-0.3, -0.25) is 13.9 Å². The summed E-state index contributed by atoms with van der Waals surface area (Å²) in [5.41, 5.74) is 2.09. The number of sulfonamides is 1. The highest BCUT2D eigenvalue weighted by molar-refractivity contribution is 7.92. The number of rotatable bonds is 10. The Kier molecular flexibility index (Phi) is 9.31. The monoisotopic (exact) mass is 493 g/mol. The number of nitrogens with one attached hydrogen (secondary N) is 1. The maximum absolute atomic E-state index is 13.4. The zero-order valence-corrected chi connectivity index (χ0v) is 21.3. The molecule has 7 nitrogen and oxygen atoms in total. The second-order valence-electron chi connectivity index (χ2n) is 8.25. The third-order valence-electron chi connectivity index (χ3n) is 5.41. The number of aryl methyl sites for hydroxylation is 1. The second kappa shape index (κ2) is 11.5. The highest BCUT2D eigenvalue weighted by atomic mass is 35.5. The average Bonchev–Trinajstić information content (AvgIpc) is 2.75. The van der Waals surface area contributed by atoms with Gasteiger partial charge in [-0.25, -0.2) is 8.42 Å².